The molecule has 1 aromatic rings. The third-order valence-electron chi connectivity index (χ3n) is 6.26. The summed E-state index contributed by atoms with van der Waals surface area (Å²) in [5.41, 5.74) is -0.178. The van der Waals surface area contributed by atoms with Crippen LogP contribution in [0.15, 0.2) is 18.2 Å². The molecule has 0 aromatic heterocycles. The number of carboxylic acids is 1. The van der Waals surface area contributed by atoms with Crippen molar-refractivity contribution in [2.75, 3.05) is 19.7 Å². The van der Waals surface area contributed by atoms with Gasteiger partial charge in [0.1, 0.15) is 11.9 Å². The van der Waals surface area contributed by atoms with Gasteiger partial charge in [-0.2, -0.15) is 0 Å². The Morgan fingerprint density at radius 2 is 2.19 bits per heavy atom. The van der Waals surface area contributed by atoms with Crippen LogP contribution in [0.4, 0.5) is 9.18 Å². The molecular weight excluding hydrogens is 375 g/mol. The molecule has 27 heavy (non-hydrogen) atoms. The molecule has 1 saturated carbocycles. The van der Waals surface area contributed by atoms with Crippen molar-refractivity contribution in [3.63, 3.8) is 0 Å². The summed E-state index contributed by atoms with van der Waals surface area (Å²) in [5.74, 6) is -1.31. The zero-order valence-electron chi connectivity index (χ0n) is 14.8. The number of amides is 2. The minimum atomic E-state index is -0.806. The third-order valence-corrected chi connectivity index (χ3v) is 6.56. The van der Waals surface area contributed by atoms with Crippen LogP contribution in [0.5, 0.6) is 0 Å². The van der Waals surface area contributed by atoms with E-state index in [4.69, 9.17) is 16.3 Å². The van der Waals surface area contributed by atoms with Gasteiger partial charge in [0, 0.05) is 19.7 Å². The number of rotatable bonds is 3. The summed E-state index contributed by atoms with van der Waals surface area (Å²) in [6.07, 6.45) is 2.52. The monoisotopic (exact) mass is 396 g/mol. The number of nitrogens with one attached hydrogen (secondary N) is 1. The fraction of sp³-hybridized carbons (Fsp3) is 0.579. The lowest BCUT2D eigenvalue weighted by Gasteiger charge is -2.26. The number of aliphatic carboxylic acids is 1. The summed E-state index contributed by atoms with van der Waals surface area (Å²) in [4.78, 5) is 26.2. The SMILES string of the molecule is O=C(NC1CCOC1c1ccc(Cl)c(F)c1)N1C[C@@H]2CCC[C@@]2(C(=O)O)C1. The minimum Gasteiger partial charge on any atom is -0.481 e. The average molecular weight is 397 g/mol. The van der Waals surface area contributed by atoms with E-state index in [1.54, 1.807) is 11.0 Å². The van der Waals surface area contributed by atoms with Crippen molar-refractivity contribution in [2.45, 2.75) is 37.8 Å². The normalized spacial score (nSPS) is 32.5. The summed E-state index contributed by atoms with van der Waals surface area (Å²) in [7, 11) is 0. The van der Waals surface area contributed by atoms with Crippen molar-refractivity contribution in [3.05, 3.63) is 34.6 Å². The second-order valence-corrected chi connectivity index (χ2v) is 8.15. The van der Waals surface area contributed by atoms with E-state index in [0.29, 0.717) is 31.6 Å². The predicted octanol–water partition coefficient (Wildman–Crippen LogP) is 3.21. The number of fused-ring (bicyclic) bond motifs is 1. The Morgan fingerprint density at radius 1 is 1.37 bits per heavy atom. The molecule has 3 aliphatic rings. The van der Waals surface area contributed by atoms with Crippen molar-refractivity contribution >= 4 is 23.6 Å². The first-order valence-electron chi connectivity index (χ1n) is 9.26. The van der Waals surface area contributed by atoms with Gasteiger partial charge < -0.3 is 20.1 Å². The summed E-state index contributed by atoms with van der Waals surface area (Å²) in [5, 5.41) is 12.7. The second-order valence-electron chi connectivity index (χ2n) is 7.74. The summed E-state index contributed by atoms with van der Waals surface area (Å²) >= 11 is 5.74. The number of halogens is 2. The molecule has 2 aliphatic heterocycles. The van der Waals surface area contributed by atoms with Crippen LogP contribution in [0.2, 0.25) is 5.02 Å². The molecule has 6 nitrogen and oxygen atoms in total. The molecule has 4 atom stereocenters. The topological polar surface area (TPSA) is 78.9 Å². The molecule has 2 unspecified atom stereocenters. The Kier molecular flexibility index (Phi) is 4.76. The van der Waals surface area contributed by atoms with Crippen molar-refractivity contribution in [1.82, 2.24) is 10.2 Å². The fourth-order valence-electron chi connectivity index (χ4n) is 4.80. The molecule has 3 fully saturated rings. The maximum absolute atomic E-state index is 13.8. The minimum absolute atomic E-state index is 0.0155. The number of benzene rings is 1. The van der Waals surface area contributed by atoms with Gasteiger partial charge in [-0.3, -0.25) is 4.79 Å². The lowest BCUT2D eigenvalue weighted by atomic mass is 9.81. The Hall–Kier alpha value is -1.86. The second kappa shape index (κ2) is 6.95. The van der Waals surface area contributed by atoms with E-state index in [0.717, 1.165) is 12.8 Å². The van der Waals surface area contributed by atoms with E-state index in [2.05, 4.69) is 5.32 Å². The molecule has 8 heteroatoms. The number of carbonyl (C=O) groups excluding carboxylic acids is 1. The van der Waals surface area contributed by atoms with Crippen LogP contribution >= 0.6 is 11.6 Å². The molecule has 0 bridgehead atoms. The van der Waals surface area contributed by atoms with E-state index in [-0.39, 0.29) is 29.6 Å². The van der Waals surface area contributed by atoms with E-state index in [1.807, 2.05) is 0 Å². The molecule has 2 amide bonds. The van der Waals surface area contributed by atoms with Gasteiger partial charge in [0.2, 0.25) is 0 Å². The molecule has 2 N–H and O–H groups in total. The van der Waals surface area contributed by atoms with Gasteiger partial charge in [-0.05, 0) is 42.9 Å². The van der Waals surface area contributed by atoms with Crippen LogP contribution in [0, 0.1) is 17.2 Å². The molecule has 2 heterocycles. The first-order valence-corrected chi connectivity index (χ1v) is 9.64. The van der Waals surface area contributed by atoms with Crippen molar-refractivity contribution in [3.8, 4) is 0 Å². The zero-order chi connectivity index (χ0) is 19.2. The van der Waals surface area contributed by atoms with E-state index in [9.17, 15) is 19.1 Å². The number of carboxylic acid groups (broad SMARTS) is 1. The number of hydrogen-bond donors (Lipinski definition) is 2. The highest BCUT2D eigenvalue weighted by molar-refractivity contribution is 6.30. The Bertz CT molecular complexity index is 776. The van der Waals surface area contributed by atoms with Gasteiger partial charge in [0.15, 0.2) is 0 Å². The zero-order valence-corrected chi connectivity index (χ0v) is 15.5. The number of carbonyl (C=O) groups is 2. The molecule has 0 spiro atoms. The van der Waals surface area contributed by atoms with Crippen molar-refractivity contribution < 1.29 is 23.8 Å². The highest BCUT2D eigenvalue weighted by atomic mass is 35.5. The van der Waals surface area contributed by atoms with Gasteiger partial charge in [-0.25, -0.2) is 9.18 Å². The van der Waals surface area contributed by atoms with Crippen LogP contribution in [0.3, 0.4) is 0 Å². The maximum Gasteiger partial charge on any atom is 0.317 e. The first kappa shape index (κ1) is 18.5. The first-order chi connectivity index (χ1) is 12.9. The van der Waals surface area contributed by atoms with Crippen molar-refractivity contribution in [2.24, 2.45) is 11.3 Å². The van der Waals surface area contributed by atoms with Crippen LogP contribution in [-0.4, -0.2) is 47.7 Å². The van der Waals surface area contributed by atoms with Crippen LogP contribution in [0.1, 0.15) is 37.4 Å². The molecule has 2 saturated heterocycles. The van der Waals surface area contributed by atoms with Gasteiger partial charge >= 0.3 is 12.0 Å². The van der Waals surface area contributed by atoms with Gasteiger partial charge in [-0.1, -0.05) is 24.1 Å². The van der Waals surface area contributed by atoms with E-state index < -0.39 is 23.3 Å². The molecule has 0 radical (unpaired) electrons. The number of likely N-dealkylation sites (tertiary alicyclic amines) is 1. The van der Waals surface area contributed by atoms with Gasteiger partial charge in [-0.15, -0.1) is 0 Å². The van der Waals surface area contributed by atoms with Gasteiger partial charge in [0.05, 0.1) is 16.5 Å². The highest BCUT2D eigenvalue weighted by Crippen LogP contribution is 2.49. The number of nitrogens with zero attached hydrogens (tertiary/aromatic N) is 1. The summed E-state index contributed by atoms with van der Waals surface area (Å²) < 4.78 is 19.5. The molecule has 4 rings (SSSR count). The lowest BCUT2D eigenvalue weighted by Crippen LogP contribution is -2.46. The third kappa shape index (κ3) is 3.17. The Morgan fingerprint density at radius 3 is 2.89 bits per heavy atom. The van der Waals surface area contributed by atoms with E-state index >= 15 is 0 Å². The molecule has 146 valence electrons. The number of ether oxygens (including phenoxy) is 1. The molecule has 1 aromatic carbocycles. The number of hydrogen-bond acceptors (Lipinski definition) is 3. The average Bonchev–Trinajstić information content (AvgIpc) is 3.31. The summed E-state index contributed by atoms with van der Waals surface area (Å²) in [6.45, 7) is 1.17. The number of urea groups is 1. The molecule has 1 aliphatic carbocycles. The largest absolute Gasteiger partial charge is 0.481 e. The van der Waals surface area contributed by atoms with E-state index in [1.165, 1.54) is 12.1 Å². The maximum atomic E-state index is 13.8. The van der Waals surface area contributed by atoms with Crippen LogP contribution in [-0.2, 0) is 9.53 Å². The smallest absolute Gasteiger partial charge is 0.317 e. The fourth-order valence-corrected chi connectivity index (χ4v) is 4.92. The Labute approximate surface area is 161 Å². The Balaban J connectivity index is 1.45. The molecular formula is C19H22ClFN2O4. The highest BCUT2D eigenvalue weighted by Gasteiger charge is 2.56. The summed E-state index contributed by atoms with van der Waals surface area (Å²) in [6, 6.07) is 3.93. The standard InChI is InChI=1S/C19H22ClFN2O4/c20-13-4-3-11(8-14(13)21)16-15(5-7-27-16)22-18(26)23-9-12-2-1-6-19(12,10-23)17(24)25/h3-4,8,12,15-16H,1-2,5-7,9-10H2,(H,22,26)(H,24,25)/t12-,15?,16?,19+/m0/s1. The van der Waals surface area contributed by atoms with Crippen LogP contribution < -0.4 is 5.32 Å². The lowest BCUT2D eigenvalue weighted by molar-refractivity contribution is -0.149. The predicted molar refractivity (Wildman–Crippen MR) is 96.0 cm³/mol. The van der Waals surface area contributed by atoms with Crippen LogP contribution in [0.25, 0.3) is 0 Å². The quantitative estimate of drug-likeness (QED) is 0.822. The van der Waals surface area contributed by atoms with Crippen molar-refractivity contribution in [1.29, 1.82) is 0 Å². The van der Waals surface area contributed by atoms with Gasteiger partial charge in [0.25, 0.3) is 0 Å².